The molecule has 0 radical (unpaired) electrons. The van der Waals surface area contributed by atoms with Gasteiger partial charge in [0.1, 0.15) is 12.4 Å². The highest BCUT2D eigenvalue weighted by molar-refractivity contribution is 6.14. The number of aliphatic imine (C=N–C) groups is 1. The van der Waals surface area contributed by atoms with Crippen LogP contribution in [-0.2, 0) is 6.61 Å². The molecule has 1 aliphatic rings. The average Bonchev–Trinajstić information content (AvgIpc) is 2.96. The number of hydrogen-bond acceptors (Lipinski definition) is 5. The maximum Gasteiger partial charge on any atom is 0.269 e. The second kappa shape index (κ2) is 12.0. The van der Waals surface area contributed by atoms with E-state index in [9.17, 15) is 10.1 Å². The molecule has 3 aromatic carbocycles. The second-order valence-electron chi connectivity index (χ2n) is 7.29. The summed E-state index contributed by atoms with van der Waals surface area (Å²) in [5.41, 5.74) is 5.12. The normalized spacial score (nSPS) is 12.6. The Balaban J connectivity index is 0.00000193. The van der Waals surface area contributed by atoms with E-state index in [-0.39, 0.29) is 30.5 Å². The Morgan fingerprint density at radius 2 is 1.70 bits per heavy atom. The fourth-order valence-corrected chi connectivity index (χ4v) is 3.49. The molecule has 0 aromatic heterocycles. The molecule has 0 spiro atoms. The third-order valence-corrected chi connectivity index (χ3v) is 5.19. The highest BCUT2D eigenvalue weighted by Gasteiger charge is 2.14. The standard InChI is InChI=1S/C25H23N3O3.2ClH/c1-27-17-16-26-23(22-7-3-4-8-24(22)27)15-12-20-6-2-5-9-25(20)31-18-19-10-13-21(14-11-19)28(29)30;;/h2-15H,16-18H2,1H3;2*1H. The Bertz CT molecular complexity index is 1150. The number of para-hydroxylation sites is 2. The number of fused-ring (bicyclic) bond motifs is 1. The predicted molar refractivity (Wildman–Crippen MR) is 139 cm³/mol. The van der Waals surface area contributed by atoms with Crippen LogP contribution >= 0.6 is 24.8 Å². The number of rotatable bonds is 6. The van der Waals surface area contributed by atoms with Crippen molar-refractivity contribution < 1.29 is 9.66 Å². The number of nitro benzene ring substituents is 1. The summed E-state index contributed by atoms with van der Waals surface area (Å²) < 4.78 is 6.01. The van der Waals surface area contributed by atoms with Gasteiger partial charge in [-0.05, 0) is 42.0 Å². The molecule has 0 amide bonds. The van der Waals surface area contributed by atoms with E-state index in [1.807, 2.05) is 48.6 Å². The van der Waals surface area contributed by atoms with Gasteiger partial charge in [0.25, 0.3) is 5.69 Å². The van der Waals surface area contributed by atoms with Crippen LogP contribution in [0.15, 0.2) is 83.9 Å². The number of ether oxygens (including phenoxy) is 1. The molecule has 0 unspecified atom stereocenters. The SMILES string of the molecule is CN1CCN=C(C=Cc2ccccc2OCc2ccc([N+](=O)[O-])cc2)c2ccccc21.Cl.Cl. The van der Waals surface area contributed by atoms with E-state index in [1.165, 1.54) is 17.8 Å². The van der Waals surface area contributed by atoms with Crippen molar-refractivity contribution in [2.45, 2.75) is 6.61 Å². The minimum absolute atomic E-state index is 0. The molecule has 0 atom stereocenters. The fourth-order valence-electron chi connectivity index (χ4n) is 3.49. The molecule has 0 saturated heterocycles. The second-order valence-corrected chi connectivity index (χ2v) is 7.29. The molecule has 0 saturated carbocycles. The van der Waals surface area contributed by atoms with Crippen molar-refractivity contribution >= 4 is 48.0 Å². The lowest BCUT2D eigenvalue weighted by atomic mass is 10.1. The third kappa shape index (κ3) is 6.34. The largest absolute Gasteiger partial charge is 0.488 e. The molecule has 3 aromatic rings. The summed E-state index contributed by atoms with van der Waals surface area (Å²) in [5.74, 6) is 0.747. The van der Waals surface area contributed by atoms with E-state index >= 15 is 0 Å². The van der Waals surface area contributed by atoms with Crippen molar-refractivity contribution in [1.29, 1.82) is 0 Å². The predicted octanol–water partition coefficient (Wildman–Crippen LogP) is 5.97. The summed E-state index contributed by atoms with van der Waals surface area (Å²) in [6, 6.07) is 22.5. The number of hydrogen-bond donors (Lipinski definition) is 0. The molecule has 4 rings (SSSR count). The van der Waals surface area contributed by atoms with Crippen LogP contribution in [-0.4, -0.2) is 30.8 Å². The zero-order valence-corrected chi connectivity index (χ0v) is 19.7. The van der Waals surface area contributed by atoms with Crippen LogP contribution in [0.3, 0.4) is 0 Å². The van der Waals surface area contributed by atoms with Gasteiger partial charge in [-0.2, -0.15) is 0 Å². The molecule has 33 heavy (non-hydrogen) atoms. The molecule has 0 bridgehead atoms. The number of nitro groups is 1. The maximum atomic E-state index is 10.8. The number of benzene rings is 3. The Hall–Kier alpha value is -3.35. The van der Waals surface area contributed by atoms with Gasteiger partial charge in [-0.25, -0.2) is 0 Å². The van der Waals surface area contributed by atoms with Crippen molar-refractivity contribution in [2.24, 2.45) is 4.99 Å². The first-order valence-corrected chi connectivity index (χ1v) is 10.1. The van der Waals surface area contributed by atoms with Crippen molar-refractivity contribution in [3.05, 3.63) is 106 Å². The molecule has 0 N–H and O–H groups in total. The minimum Gasteiger partial charge on any atom is -0.488 e. The fraction of sp³-hybridized carbons (Fsp3) is 0.160. The summed E-state index contributed by atoms with van der Waals surface area (Å²) in [4.78, 5) is 17.4. The van der Waals surface area contributed by atoms with Gasteiger partial charge in [0, 0.05) is 42.5 Å². The van der Waals surface area contributed by atoms with Crippen LogP contribution in [0, 0.1) is 10.1 Å². The van der Waals surface area contributed by atoms with Crippen LogP contribution < -0.4 is 9.64 Å². The highest BCUT2D eigenvalue weighted by Crippen LogP contribution is 2.25. The van der Waals surface area contributed by atoms with Crippen LogP contribution in [0.25, 0.3) is 6.08 Å². The Kier molecular flexibility index (Phi) is 9.45. The Morgan fingerprint density at radius 3 is 2.45 bits per heavy atom. The molecule has 172 valence electrons. The molecule has 0 fully saturated rings. The minimum atomic E-state index is -0.406. The summed E-state index contributed by atoms with van der Waals surface area (Å²) in [7, 11) is 2.09. The third-order valence-electron chi connectivity index (χ3n) is 5.19. The zero-order valence-electron chi connectivity index (χ0n) is 18.1. The molecule has 6 nitrogen and oxygen atoms in total. The van der Waals surface area contributed by atoms with Crippen LogP contribution in [0.4, 0.5) is 11.4 Å². The van der Waals surface area contributed by atoms with Crippen LogP contribution in [0.1, 0.15) is 16.7 Å². The smallest absolute Gasteiger partial charge is 0.269 e. The molecular weight excluding hydrogens is 461 g/mol. The monoisotopic (exact) mass is 485 g/mol. The first-order chi connectivity index (χ1) is 15.1. The Morgan fingerprint density at radius 1 is 1.00 bits per heavy atom. The number of benzodiazepines with no additional fused rings is 1. The lowest BCUT2D eigenvalue weighted by molar-refractivity contribution is -0.384. The zero-order chi connectivity index (χ0) is 21.6. The van der Waals surface area contributed by atoms with E-state index < -0.39 is 4.92 Å². The first kappa shape index (κ1) is 25.9. The highest BCUT2D eigenvalue weighted by atomic mass is 35.5. The van der Waals surface area contributed by atoms with Gasteiger partial charge in [-0.15, -0.1) is 24.8 Å². The molecule has 1 aliphatic heterocycles. The molecule has 0 aliphatic carbocycles. The van der Waals surface area contributed by atoms with E-state index in [0.717, 1.165) is 41.2 Å². The van der Waals surface area contributed by atoms with Gasteiger partial charge >= 0.3 is 0 Å². The lowest BCUT2D eigenvalue weighted by Gasteiger charge is -2.18. The van der Waals surface area contributed by atoms with E-state index in [2.05, 4.69) is 24.1 Å². The summed E-state index contributed by atoms with van der Waals surface area (Å²) in [6.45, 7) is 1.95. The summed E-state index contributed by atoms with van der Waals surface area (Å²) in [5, 5.41) is 10.8. The number of nitrogens with zero attached hydrogens (tertiary/aromatic N) is 3. The van der Waals surface area contributed by atoms with E-state index in [0.29, 0.717) is 6.61 Å². The number of anilines is 1. The van der Waals surface area contributed by atoms with E-state index in [4.69, 9.17) is 9.73 Å². The number of likely N-dealkylation sites (N-methyl/N-ethyl adjacent to an activating group) is 1. The molecular formula is C25H25Cl2N3O3. The maximum absolute atomic E-state index is 10.8. The van der Waals surface area contributed by atoms with Crippen LogP contribution in [0.5, 0.6) is 5.75 Å². The summed E-state index contributed by atoms with van der Waals surface area (Å²) in [6.07, 6.45) is 4.05. The van der Waals surface area contributed by atoms with Crippen molar-refractivity contribution in [1.82, 2.24) is 0 Å². The van der Waals surface area contributed by atoms with Gasteiger partial charge in [0.15, 0.2) is 0 Å². The van der Waals surface area contributed by atoms with Gasteiger partial charge in [0.05, 0.1) is 17.2 Å². The average molecular weight is 486 g/mol. The van der Waals surface area contributed by atoms with Gasteiger partial charge in [0.2, 0.25) is 0 Å². The number of non-ortho nitro benzene ring substituents is 1. The van der Waals surface area contributed by atoms with Gasteiger partial charge in [-0.1, -0.05) is 36.4 Å². The summed E-state index contributed by atoms with van der Waals surface area (Å²) >= 11 is 0. The number of halogens is 2. The Labute approximate surface area is 205 Å². The quantitative estimate of drug-likeness (QED) is 0.318. The van der Waals surface area contributed by atoms with E-state index in [1.54, 1.807) is 12.1 Å². The van der Waals surface area contributed by atoms with Gasteiger partial charge < -0.3 is 9.64 Å². The van der Waals surface area contributed by atoms with Crippen molar-refractivity contribution in [3.8, 4) is 5.75 Å². The topological polar surface area (TPSA) is 68.0 Å². The van der Waals surface area contributed by atoms with Crippen LogP contribution in [0.2, 0.25) is 0 Å². The number of allylic oxidation sites excluding steroid dienone is 1. The molecule has 1 heterocycles. The van der Waals surface area contributed by atoms with Crippen molar-refractivity contribution in [2.75, 3.05) is 25.0 Å². The first-order valence-electron chi connectivity index (χ1n) is 10.1. The van der Waals surface area contributed by atoms with Gasteiger partial charge in [-0.3, -0.25) is 15.1 Å². The molecule has 8 heteroatoms. The lowest BCUT2D eigenvalue weighted by Crippen LogP contribution is -2.20. The van der Waals surface area contributed by atoms with Crippen molar-refractivity contribution in [3.63, 3.8) is 0 Å².